The van der Waals surface area contributed by atoms with E-state index in [0.717, 1.165) is 31.1 Å². The number of nitrogens with one attached hydrogen (secondary N) is 1. The molecule has 0 heterocycles. The Morgan fingerprint density at radius 1 is 0.952 bits per heavy atom. The predicted octanol–water partition coefficient (Wildman–Crippen LogP) is 3.56. The lowest BCUT2D eigenvalue weighted by molar-refractivity contribution is 0.123. The van der Waals surface area contributed by atoms with Crippen molar-refractivity contribution in [3.05, 3.63) is 23.8 Å². The van der Waals surface area contributed by atoms with Gasteiger partial charge in [-0.05, 0) is 51.4 Å². The number of rotatable bonds is 11. The molecule has 0 amide bonds. The van der Waals surface area contributed by atoms with Crippen LogP contribution in [0.3, 0.4) is 0 Å². The zero-order chi connectivity index (χ0) is 15.5. The van der Waals surface area contributed by atoms with Gasteiger partial charge in [-0.15, -0.1) is 0 Å². The van der Waals surface area contributed by atoms with Gasteiger partial charge in [0.1, 0.15) is 0 Å². The third-order valence-corrected chi connectivity index (χ3v) is 3.10. The zero-order valence-electron chi connectivity index (χ0n) is 13.8. The Hall–Kier alpha value is -1.26. The van der Waals surface area contributed by atoms with Crippen molar-refractivity contribution in [1.82, 2.24) is 5.32 Å². The van der Waals surface area contributed by atoms with Gasteiger partial charge in [-0.1, -0.05) is 13.0 Å². The Balaban J connectivity index is 2.92. The fourth-order valence-corrected chi connectivity index (χ4v) is 2.11. The van der Waals surface area contributed by atoms with Crippen LogP contribution in [0.15, 0.2) is 18.2 Å². The van der Waals surface area contributed by atoms with Gasteiger partial charge in [0, 0.05) is 6.61 Å². The van der Waals surface area contributed by atoms with Gasteiger partial charge in [-0.2, -0.15) is 0 Å². The average molecular weight is 295 g/mol. The molecule has 0 aliphatic heterocycles. The first-order valence-electron chi connectivity index (χ1n) is 7.97. The minimum absolute atomic E-state index is 0.180. The monoisotopic (exact) mass is 295 g/mol. The first-order valence-corrected chi connectivity index (χ1v) is 7.97. The molecule has 1 atom stereocenters. The molecular formula is C17H29NO3. The summed E-state index contributed by atoms with van der Waals surface area (Å²) in [5, 5.41) is 3.52. The summed E-state index contributed by atoms with van der Waals surface area (Å²) in [7, 11) is 0. The normalized spacial score (nSPS) is 12.2. The van der Waals surface area contributed by atoms with Crippen LogP contribution in [0.5, 0.6) is 11.5 Å². The molecule has 0 saturated carbocycles. The van der Waals surface area contributed by atoms with E-state index in [9.17, 15) is 0 Å². The summed E-state index contributed by atoms with van der Waals surface area (Å²) < 4.78 is 16.9. The maximum absolute atomic E-state index is 5.70. The van der Waals surface area contributed by atoms with E-state index in [4.69, 9.17) is 14.2 Å². The molecule has 0 aromatic heterocycles. The zero-order valence-corrected chi connectivity index (χ0v) is 13.8. The molecule has 1 aromatic carbocycles. The fraction of sp³-hybridized carbons (Fsp3) is 0.647. The van der Waals surface area contributed by atoms with E-state index in [1.54, 1.807) is 0 Å². The molecule has 0 bridgehead atoms. The van der Waals surface area contributed by atoms with Crippen LogP contribution < -0.4 is 14.8 Å². The highest BCUT2D eigenvalue weighted by Crippen LogP contribution is 2.31. The highest BCUT2D eigenvalue weighted by Gasteiger charge is 2.14. The summed E-state index contributed by atoms with van der Waals surface area (Å²) >= 11 is 0. The van der Waals surface area contributed by atoms with Gasteiger partial charge < -0.3 is 19.5 Å². The van der Waals surface area contributed by atoms with Gasteiger partial charge >= 0.3 is 0 Å². The molecule has 4 nitrogen and oxygen atoms in total. The van der Waals surface area contributed by atoms with E-state index in [1.807, 2.05) is 26.8 Å². The van der Waals surface area contributed by atoms with Crippen molar-refractivity contribution in [3.63, 3.8) is 0 Å². The molecule has 1 unspecified atom stereocenters. The van der Waals surface area contributed by atoms with Crippen molar-refractivity contribution in [2.24, 2.45) is 0 Å². The largest absolute Gasteiger partial charge is 0.490 e. The Kier molecular flexibility index (Phi) is 8.87. The quantitative estimate of drug-likeness (QED) is 0.677. The second-order valence-corrected chi connectivity index (χ2v) is 4.74. The molecule has 0 spiro atoms. The summed E-state index contributed by atoms with van der Waals surface area (Å²) in [5.74, 6) is 1.60. The maximum atomic E-state index is 5.70. The first-order chi connectivity index (χ1) is 10.3. The first kappa shape index (κ1) is 17.8. The third kappa shape index (κ3) is 5.94. The van der Waals surface area contributed by atoms with Crippen molar-refractivity contribution >= 4 is 0 Å². The van der Waals surface area contributed by atoms with Crippen molar-refractivity contribution in [2.75, 3.05) is 33.0 Å². The van der Waals surface area contributed by atoms with Crippen molar-refractivity contribution < 1.29 is 14.2 Å². The van der Waals surface area contributed by atoms with E-state index in [2.05, 4.69) is 24.4 Å². The average Bonchev–Trinajstić information content (AvgIpc) is 2.50. The minimum Gasteiger partial charge on any atom is -0.490 e. The Bertz CT molecular complexity index is 388. The highest BCUT2D eigenvalue weighted by atomic mass is 16.5. The van der Waals surface area contributed by atoms with Gasteiger partial charge in [-0.3, -0.25) is 0 Å². The number of hydrogen-bond acceptors (Lipinski definition) is 4. The second-order valence-electron chi connectivity index (χ2n) is 4.74. The standard InChI is InChI=1S/C17H29NO3/c1-5-11-18-15(13-19-6-2)14-9-10-16(20-7-3)17(12-14)21-8-4/h9-10,12,15,18H,5-8,11,13H2,1-4H3. The van der Waals surface area contributed by atoms with Gasteiger partial charge in [0.15, 0.2) is 11.5 Å². The van der Waals surface area contributed by atoms with Gasteiger partial charge in [0.25, 0.3) is 0 Å². The second kappa shape index (κ2) is 10.5. The van der Waals surface area contributed by atoms with Crippen LogP contribution in [-0.2, 0) is 4.74 Å². The summed E-state index contributed by atoms with van der Waals surface area (Å²) in [6.07, 6.45) is 1.10. The number of benzene rings is 1. The predicted molar refractivity (Wildman–Crippen MR) is 86.3 cm³/mol. The summed E-state index contributed by atoms with van der Waals surface area (Å²) in [6, 6.07) is 6.30. The maximum Gasteiger partial charge on any atom is 0.161 e. The van der Waals surface area contributed by atoms with Crippen molar-refractivity contribution in [3.8, 4) is 11.5 Å². The van der Waals surface area contributed by atoms with Crippen LogP contribution in [0, 0.1) is 0 Å². The van der Waals surface area contributed by atoms with E-state index in [1.165, 1.54) is 5.56 Å². The van der Waals surface area contributed by atoms with E-state index in [-0.39, 0.29) is 6.04 Å². The molecular weight excluding hydrogens is 266 g/mol. The molecule has 0 aliphatic rings. The molecule has 21 heavy (non-hydrogen) atoms. The summed E-state index contributed by atoms with van der Waals surface area (Å²) in [5.41, 5.74) is 1.17. The lowest BCUT2D eigenvalue weighted by Crippen LogP contribution is -2.26. The fourth-order valence-electron chi connectivity index (χ4n) is 2.11. The topological polar surface area (TPSA) is 39.7 Å². The lowest BCUT2D eigenvalue weighted by atomic mass is 10.1. The van der Waals surface area contributed by atoms with Crippen LogP contribution >= 0.6 is 0 Å². The SMILES string of the molecule is CCCNC(COCC)c1ccc(OCC)c(OCC)c1. The molecule has 1 aromatic rings. The highest BCUT2D eigenvalue weighted by molar-refractivity contribution is 5.44. The Morgan fingerprint density at radius 2 is 1.67 bits per heavy atom. The lowest BCUT2D eigenvalue weighted by Gasteiger charge is -2.20. The smallest absolute Gasteiger partial charge is 0.161 e. The van der Waals surface area contributed by atoms with Crippen LogP contribution in [0.2, 0.25) is 0 Å². The van der Waals surface area contributed by atoms with E-state index < -0.39 is 0 Å². The summed E-state index contributed by atoms with van der Waals surface area (Å²) in [6.45, 7) is 11.7. The molecule has 120 valence electrons. The van der Waals surface area contributed by atoms with Crippen LogP contribution in [0.25, 0.3) is 0 Å². The summed E-state index contributed by atoms with van der Waals surface area (Å²) in [4.78, 5) is 0. The van der Waals surface area contributed by atoms with Gasteiger partial charge in [-0.25, -0.2) is 0 Å². The third-order valence-electron chi connectivity index (χ3n) is 3.10. The van der Waals surface area contributed by atoms with Gasteiger partial charge in [0.2, 0.25) is 0 Å². The molecule has 1 rings (SSSR count). The van der Waals surface area contributed by atoms with Crippen molar-refractivity contribution in [2.45, 2.75) is 40.2 Å². The molecule has 0 fully saturated rings. The Morgan fingerprint density at radius 3 is 2.29 bits per heavy atom. The molecule has 0 saturated heterocycles. The molecule has 1 N–H and O–H groups in total. The Labute approximate surface area is 128 Å². The van der Waals surface area contributed by atoms with Crippen LogP contribution in [0.4, 0.5) is 0 Å². The van der Waals surface area contributed by atoms with E-state index >= 15 is 0 Å². The van der Waals surface area contributed by atoms with E-state index in [0.29, 0.717) is 19.8 Å². The number of ether oxygens (including phenoxy) is 3. The molecule has 0 aliphatic carbocycles. The van der Waals surface area contributed by atoms with Crippen LogP contribution in [-0.4, -0.2) is 33.0 Å². The minimum atomic E-state index is 0.180. The van der Waals surface area contributed by atoms with Gasteiger partial charge in [0.05, 0.1) is 25.9 Å². The van der Waals surface area contributed by atoms with Crippen molar-refractivity contribution in [1.29, 1.82) is 0 Å². The molecule has 0 radical (unpaired) electrons. The number of hydrogen-bond donors (Lipinski definition) is 1. The van der Waals surface area contributed by atoms with Crippen LogP contribution in [0.1, 0.15) is 45.7 Å². The molecule has 4 heteroatoms.